The number of hydrogen-bond donors (Lipinski definition) is 0. The lowest BCUT2D eigenvalue weighted by Crippen LogP contribution is -2.37. The van der Waals surface area contributed by atoms with Gasteiger partial charge in [-0.3, -0.25) is 4.79 Å². The lowest BCUT2D eigenvalue weighted by atomic mass is 9.95. The molecule has 1 fully saturated rings. The van der Waals surface area contributed by atoms with Crippen LogP contribution in [-0.4, -0.2) is 43.3 Å². The zero-order valence-electron chi connectivity index (χ0n) is 12.9. The van der Waals surface area contributed by atoms with Crippen LogP contribution in [0.2, 0.25) is 0 Å². The van der Waals surface area contributed by atoms with Gasteiger partial charge >= 0.3 is 0 Å². The first-order valence-electron chi connectivity index (χ1n) is 7.18. The number of alkyl halides is 1. The molecule has 1 saturated heterocycles. The molecule has 23 heavy (non-hydrogen) atoms. The normalized spacial score (nSPS) is 21.9. The Morgan fingerprint density at radius 1 is 1.26 bits per heavy atom. The van der Waals surface area contributed by atoms with Gasteiger partial charge in [0.05, 0.1) is 11.8 Å². The molecule has 2 rings (SSSR count). The summed E-state index contributed by atoms with van der Waals surface area (Å²) >= 11 is 0. The first-order valence-corrected chi connectivity index (χ1v) is 8.90. The number of amides is 1. The number of likely N-dealkylation sites (tertiary alicyclic amines) is 1. The average Bonchev–Trinajstić information content (AvgIpc) is 2.81. The molecule has 0 N–H and O–H groups in total. The van der Waals surface area contributed by atoms with Gasteiger partial charge in [0.2, 0.25) is 5.91 Å². The van der Waals surface area contributed by atoms with Crippen molar-refractivity contribution < 1.29 is 26.4 Å². The van der Waals surface area contributed by atoms with E-state index in [9.17, 15) is 26.4 Å². The van der Waals surface area contributed by atoms with Gasteiger partial charge in [0, 0.05) is 19.0 Å². The molecule has 0 aliphatic carbocycles. The van der Waals surface area contributed by atoms with E-state index in [0.29, 0.717) is 6.07 Å². The van der Waals surface area contributed by atoms with E-state index in [2.05, 4.69) is 0 Å². The summed E-state index contributed by atoms with van der Waals surface area (Å²) in [7, 11) is -3.58. The predicted molar refractivity (Wildman–Crippen MR) is 79.3 cm³/mol. The summed E-state index contributed by atoms with van der Waals surface area (Å²) in [5.74, 6) is -3.19. The van der Waals surface area contributed by atoms with E-state index >= 15 is 0 Å². The Kier molecular flexibility index (Phi) is 4.75. The van der Waals surface area contributed by atoms with Gasteiger partial charge in [-0.2, -0.15) is 0 Å². The van der Waals surface area contributed by atoms with Crippen LogP contribution in [0.1, 0.15) is 25.8 Å². The van der Waals surface area contributed by atoms with Crippen molar-refractivity contribution in [1.29, 1.82) is 0 Å². The van der Waals surface area contributed by atoms with E-state index in [1.54, 1.807) is 0 Å². The fraction of sp³-hybridized carbons (Fsp3) is 0.533. The monoisotopic (exact) mass is 349 g/mol. The van der Waals surface area contributed by atoms with Gasteiger partial charge in [-0.15, -0.1) is 0 Å². The Bertz CT molecular complexity index is 700. The number of halogens is 3. The molecule has 4 nitrogen and oxygen atoms in total. The van der Waals surface area contributed by atoms with Gasteiger partial charge in [0.1, 0.15) is 17.4 Å². The summed E-state index contributed by atoms with van der Waals surface area (Å²) in [6.07, 6.45) is -0.136. The Labute approximate surface area is 133 Å². The van der Waals surface area contributed by atoms with Gasteiger partial charge in [-0.1, -0.05) is 0 Å². The molecule has 1 heterocycles. The van der Waals surface area contributed by atoms with Crippen molar-refractivity contribution in [2.24, 2.45) is 0 Å². The maximum Gasteiger partial charge on any atom is 0.237 e. The number of carbonyl (C=O) groups excluding carboxylic acids is 1. The molecule has 1 atom stereocenters. The van der Waals surface area contributed by atoms with Gasteiger partial charge < -0.3 is 4.90 Å². The third-order valence-electron chi connectivity index (χ3n) is 3.99. The molecular formula is C15H18F3NO3S. The standard InChI is InChI=1S/C15H18F3NO3S/c1-10(2)23(21,22)8-14(20)19-4-3-15(18,9-19)11-5-12(16)7-13(17)6-11/h5-7,10H,3-4,8-9H2,1-2H3. The summed E-state index contributed by atoms with van der Waals surface area (Å²) < 4.78 is 65.0. The molecule has 0 spiro atoms. The summed E-state index contributed by atoms with van der Waals surface area (Å²) in [6.45, 7) is 2.51. The number of benzene rings is 1. The number of sulfone groups is 1. The predicted octanol–water partition coefficient (Wildman–Crippen LogP) is 2.19. The third-order valence-corrected chi connectivity index (χ3v) is 6.08. The topological polar surface area (TPSA) is 54.5 Å². The van der Waals surface area contributed by atoms with Crippen LogP contribution in [0.5, 0.6) is 0 Å². The highest BCUT2D eigenvalue weighted by atomic mass is 32.2. The molecule has 0 aromatic heterocycles. The molecule has 1 aliphatic rings. The van der Waals surface area contributed by atoms with Crippen LogP contribution in [-0.2, 0) is 20.3 Å². The molecule has 128 valence electrons. The highest BCUT2D eigenvalue weighted by Crippen LogP contribution is 2.36. The molecule has 8 heteroatoms. The van der Waals surface area contributed by atoms with E-state index < -0.39 is 50.6 Å². The number of hydrogen-bond acceptors (Lipinski definition) is 3. The van der Waals surface area contributed by atoms with E-state index in [1.807, 2.05) is 0 Å². The zero-order chi connectivity index (χ0) is 17.4. The van der Waals surface area contributed by atoms with Crippen LogP contribution < -0.4 is 0 Å². The Morgan fingerprint density at radius 2 is 1.83 bits per heavy atom. The van der Waals surface area contributed by atoms with Crippen molar-refractivity contribution in [3.63, 3.8) is 0 Å². The second-order valence-electron chi connectivity index (χ2n) is 6.04. The van der Waals surface area contributed by atoms with E-state index in [1.165, 1.54) is 13.8 Å². The molecule has 0 saturated carbocycles. The van der Waals surface area contributed by atoms with Crippen molar-refractivity contribution in [2.45, 2.75) is 31.2 Å². The van der Waals surface area contributed by atoms with E-state index in [0.717, 1.165) is 17.0 Å². The van der Waals surface area contributed by atoms with Gasteiger partial charge in [-0.05, 0) is 31.5 Å². The first kappa shape index (κ1) is 17.8. The van der Waals surface area contributed by atoms with E-state index in [4.69, 9.17) is 0 Å². The number of nitrogens with zero attached hydrogens (tertiary/aromatic N) is 1. The van der Waals surface area contributed by atoms with Crippen molar-refractivity contribution in [1.82, 2.24) is 4.90 Å². The Balaban J connectivity index is 2.15. The summed E-state index contributed by atoms with van der Waals surface area (Å²) in [4.78, 5) is 13.1. The van der Waals surface area contributed by atoms with Crippen molar-refractivity contribution in [3.8, 4) is 0 Å². The van der Waals surface area contributed by atoms with E-state index in [-0.39, 0.29) is 18.5 Å². The Morgan fingerprint density at radius 3 is 2.35 bits per heavy atom. The fourth-order valence-corrected chi connectivity index (χ4v) is 3.32. The van der Waals surface area contributed by atoms with Crippen LogP contribution in [0, 0.1) is 11.6 Å². The fourth-order valence-electron chi connectivity index (χ4n) is 2.46. The lowest BCUT2D eigenvalue weighted by Gasteiger charge is -2.22. The van der Waals surface area contributed by atoms with Crippen LogP contribution in [0.3, 0.4) is 0 Å². The zero-order valence-corrected chi connectivity index (χ0v) is 13.7. The van der Waals surface area contributed by atoms with Gasteiger partial charge in [0.25, 0.3) is 0 Å². The molecule has 1 aromatic carbocycles. The summed E-state index contributed by atoms with van der Waals surface area (Å²) in [5, 5.41) is -0.707. The third kappa shape index (κ3) is 3.85. The van der Waals surface area contributed by atoms with Crippen LogP contribution in [0.25, 0.3) is 0 Å². The number of rotatable bonds is 4. The minimum Gasteiger partial charge on any atom is -0.338 e. The SMILES string of the molecule is CC(C)S(=O)(=O)CC(=O)N1CCC(F)(c2cc(F)cc(F)c2)C1. The van der Waals surface area contributed by atoms with Crippen LogP contribution in [0.15, 0.2) is 18.2 Å². The highest BCUT2D eigenvalue weighted by Gasteiger charge is 2.43. The van der Waals surface area contributed by atoms with Crippen molar-refractivity contribution in [2.75, 3.05) is 18.8 Å². The Hall–Kier alpha value is -1.57. The second-order valence-corrected chi connectivity index (χ2v) is 8.60. The minimum absolute atomic E-state index is 0.00107. The summed E-state index contributed by atoms with van der Waals surface area (Å²) in [5.41, 5.74) is -2.27. The molecule has 1 amide bonds. The smallest absolute Gasteiger partial charge is 0.237 e. The van der Waals surface area contributed by atoms with Gasteiger partial charge in [-0.25, -0.2) is 21.6 Å². The highest BCUT2D eigenvalue weighted by molar-refractivity contribution is 7.92. The van der Waals surface area contributed by atoms with Crippen LogP contribution in [0.4, 0.5) is 13.2 Å². The summed E-state index contributed by atoms with van der Waals surface area (Å²) in [6, 6.07) is 2.42. The van der Waals surface area contributed by atoms with Crippen molar-refractivity contribution in [3.05, 3.63) is 35.4 Å². The maximum atomic E-state index is 14.9. The number of carbonyl (C=O) groups is 1. The average molecular weight is 349 g/mol. The molecule has 1 aliphatic heterocycles. The largest absolute Gasteiger partial charge is 0.338 e. The van der Waals surface area contributed by atoms with Gasteiger partial charge in [0.15, 0.2) is 15.5 Å². The second kappa shape index (κ2) is 6.14. The van der Waals surface area contributed by atoms with Crippen LogP contribution >= 0.6 is 0 Å². The maximum absolute atomic E-state index is 14.9. The molecule has 0 radical (unpaired) electrons. The first-order chi connectivity index (χ1) is 10.5. The molecule has 1 aromatic rings. The minimum atomic E-state index is -3.58. The molecule has 0 bridgehead atoms. The molecule has 1 unspecified atom stereocenters. The molecular weight excluding hydrogens is 331 g/mol. The van der Waals surface area contributed by atoms with Crippen molar-refractivity contribution >= 4 is 15.7 Å². The lowest BCUT2D eigenvalue weighted by molar-refractivity contribution is -0.128. The quantitative estimate of drug-likeness (QED) is 0.837.